The fraction of sp³-hybridized carbons (Fsp3) is 0.400. The molecule has 2 aromatic rings. The van der Waals surface area contributed by atoms with E-state index < -0.39 is 62.4 Å². The lowest BCUT2D eigenvalue weighted by molar-refractivity contribution is -0.160. The number of amides is 1. The van der Waals surface area contributed by atoms with E-state index in [0.717, 1.165) is 30.6 Å². The molecule has 1 amide bonds. The van der Waals surface area contributed by atoms with E-state index in [1.807, 2.05) is 6.07 Å². The van der Waals surface area contributed by atoms with Crippen molar-refractivity contribution in [1.29, 1.82) is 5.26 Å². The van der Waals surface area contributed by atoms with E-state index in [9.17, 15) is 36.0 Å². The molecular formula is C20H19F4N5O3S. The average Bonchev–Trinajstić information content (AvgIpc) is 3.51. The van der Waals surface area contributed by atoms with Gasteiger partial charge in [0.05, 0.1) is 23.3 Å². The normalized spacial score (nSPS) is 16.9. The highest BCUT2D eigenvalue weighted by Gasteiger charge is 2.48. The molecule has 13 heteroatoms. The quantitative estimate of drug-likeness (QED) is 0.520. The molecule has 0 aliphatic heterocycles. The number of nitrogens with zero attached hydrogens (tertiary/aromatic N) is 3. The second-order valence-corrected chi connectivity index (χ2v) is 9.79. The molecule has 33 heavy (non-hydrogen) atoms. The second-order valence-electron chi connectivity index (χ2n) is 7.68. The minimum absolute atomic E-state index is 0.103. The molecule has 1 aromatic heterocycles. The van der Waals surface area contributed by atoms with Gasteiger partial charge in [-0.3, -0.25) is 10.1 Å². The number of halogens is 4. The summed E-state index contributed by atoms with van der Waals surface area (Å²) in [6.07, 6.45) is -1.91. The minimum Gasteiger partial charge on any atom is -0.336 e. The predicted molar refractivity (Wildman–Crippen MR) is 107 cm³/mol. The van der Waals surface area contributed by atoms with Crippen LogP contribution in [0.15, 0.2) is 42.9 Å². The summed E-state index contributed by atoms with van der Waals surface area (Å²) < 4.78 is 80.1. The molecule has 1 aliphatic rings. The van der Waals surface area contributed by atoms with Crippen LogP contribution in [-0.2, 0) is 20.4 Å². The van der Waals surface area contributed by atoms with Crippen molar-refractivity contribution in [3.63, 3.8) is 0 Å². The maximum Gasteiger partial charge on any atom is 0.407 e. The lowest BCUT2D eigenvalue weighted by Crippen LogP contribution is -2.54. The highest BCUT2D eigenvalue weighted by Crippen LogP contribution is 2.35. The Morgan fingerprint density at radius 3 is 2.39 bits per heavy atom. The van der Waals surface area contributed by atoms with Gasteiger partial charge in [0.1, 0.15) is 29.8 Å². The maximum absolute atomic E-state index is 13.8. The first-order chi connectivity index (χ1) is 15.4. The van der Waals surface area contributed by atoms with Gasteiger partial charge in [-0.15, -0.1) is 0 Å². The molecule has 2 atom stereocenters. The highest BCUT2D eigenvalue weighted by molar-refractivity contribution is 7.90. The van der Waals surface area contributed by atoms with Crippen LogP contribution >= 0.6 is 0 Å². The molecule has 0 spiro atoms. The van der Waals surface area contributed by atoms with Crippen molar-refractivity contribution in [2.75, 3.05) is 5.75 Å². The first-order valence-electron chi connectivity index (χ1n) is 9.70. The van der Waals surface area contributed by atoms with Crippen LogP contribution in [0.25, 0.3) is 0 Å². The van der Waals surface area contributed by atoms with Gasteiger partial charge in [-0.25, -0.2) is 22.8 Å². The van der Waals surface area contributed by atoms with Crippen LogP contribution in [0.1, 0.15) is 30.1 Å². The van der Waals surface area contributed by atoms with Gasteiger partial charge < -0.3 is 5.32 Å². The number of alkyl halides is 3. The zero-order valence-corrected chi connectivity index (χ0v) is 17.8. The zero-order chi connectivity index (χ0) is 24.3. The van der Waals surface area contributed by atoms with Crippen LogP contribution in [0.2, 0.25) is 0 Å². The molecule has 3 rings (SSSR count). The Kier molecular flexibility index (Phi) is 6.99. The molecular weight excluding hydrogens is 466 g/mol. The van der Waals surface area contributed by atoms with Gasteiger partial charge >= 0.3 is 6.18 Å². The topological polar surface area (TPSA) is 125 Å². The van der Waals surface area contributed by atoms with Crippen molar-refractivity contribution in [2.45, 2.75) is 42.4 Å². The van der Waals surface area contributed by atoms with Crippen molar-refractivity contribution in [3.05, 3.63) is 59.9 Å². The van der Waals surface area contributed by atoms with E-state index in [1.54, 1.807) is 0 Å². The number of sulfone groups is 1. The fourth-order valence-electron chi connectivity index (χ4n) is 3.09. The van der Waals surface area contributed by atoms with Crippen molar-refractivity contribution in [1.82, 2.24) is 20.6 Å². The molecule has 1 aliphatic carbocycles. The first kappa shape index (κ1) is 24.5. The zero-order valence-electron chi connectivity index (χ0n) is 17.0. The Bertz CT molecular complexity index is 1130. The molecule has 1 fully saturated rings. The Hall–Kier alpha value is -3.11. The lowest BCUT2D eigenvalue weighted by Gasteiger charge is -2.28. The molecule has 1 saturated carbocycles. The summed E-state index contributed by atoms with van der Waals surface area (Å²) in [6, 6.07) is 2.32. The number of nitriles is 1. The number of aromatic nitrogens is 2. The van der Waals surface area contributed by atoms with E-state index >= 15 is 0 Å². The molecule has 8 nitrogen and oxygen atoms in total. The smallest absolute Gasteiger partial charge is 0.336 e. The standard InChI is InChI=1S/C20H19F4N5O3S/c21-14-3-1-13(2-4-14)17(20(22,23)24)28-16(18(30)29-19(11-25)6-7-19)10-33(31,32)9-15-5-8-26-12-27-15/h1-5,8,12,16-17,28H,6-7,9-10H2,(H,29,30)/t16?,17-/m1/s1. The molecule has 0 saturated heterocycles. The number of benzene rings is 1. The SMILES string of the molecule is N#CC1(NC(=O)C(CS(=O)(=O)Cc2ccncn2)N[C@H](c2ccc(F)cc2)C(F)(F)F)CC1. The third kappa shape index (κ3) is 6.69. The summed E-state index contributed by atoms with van der Waals surface area (Å²) in [4.78, 5) is 20.2. The van der Waals surface area contributed by atoms with Crippen LogP contribution in [0, 0.1) is 17.1 Å². The van der Waals surface area contributed by atoms with Crippen molar-refractivity contribution in [3.8, 4) is 6.07 Å². The van der Waals surface area contributed by atoms with Gasteiger partial charge in [0, 0.05) is 6.20 Å². The van der Waals surface area contributed by atoms with Crippen LogP contribution < -0.4 is 10.6 Å². The summed E-state index contributed by atoms with van der Waals surface area (Å²) in [5.74, 6) is -3.43. The number of nitrogens with one attached hydrogen (secondary N) is 2. The van der Waals surface area contributed by atoms with Crippen LogP contribution in [0.5, 0.6) is 0 Å². The van der Waals surface area contributed by atoms with Gasteiger partial charge in [0.2, 0.25) is 5.91 Å². The maximum atomic E-state index is 13.8. The second kappa shape index (κ2) is 9.40. The summed E-state index contributed by atoms with van der Waals surface area (Å²) in [5, 5.41) is 13.6. The van der Waals surface area contributed by atoms with Crippen LogP contribution in [0.3, 0.4) is 0 Å². The van der Waals surface area contributed by atoms with Crippen molar-refractivity contribution >= 4 is 15.7 Å². The van der Waals surface area contributed by atoms with Crippen molar-refractivity contribution in [2.24, 2.45) is 0 Å². The fourth-order valence-corrected chi connectivity index (χ4v) is 4.58. The van der Waals surface area contributed by atoms with Gasteiger partial charge in [0.15, 0.2) is 9.84 Å². The predicted octanol–water partition coefficient (Wildman–Crippen LogP) is 1.96. The monoisotopic (exact) mass is 485 g/mol. The Morgan fingerprint density at radius 2 is 1.88 bits per heavy atom. The van der Waals surface area contributed by atoms with Gasteiger partial charge in [-0.1, -0.05) is 12.1 Å². The van der Waals surface area contributed by atoms with E-state index in [-0.39, 0.29) is 5.69 Å². The summed E-state index contributed by atoms with van der Waals surface area (Å²) in [7, 11) is -4.12. The number of rotatable bonds is 9. The third-order valence-electron chi connectivity index (χ3n) is 4.97. The van der Waals surface area contributed by atoms with E-state index in [2.05, 4.69) is 20.6 Å². The Morgan fingerprint density at radius 1 is 1.21 bits per heavy atom. The van der Waals surface area contributed by atoms with E-state index in [4.69, 9.17) is 0 Å². The first-order valence-corrected chi connectivity index (χ1v) is 11.5. The number of carbonyl (C=O) groups excluding carboxylic acids is 1. The van der Waals surface area contributed by atoms with Gasteiger partial charge in [-0.05, 0) is 36.6 Å². The molecule has 176 valence electrons. The highest BCUT2D eigenvalue weighted by atomic mass is 32.2. The molecule has 1 unspecified atom stereocenters. The molecule has 0 radical (unpaired) electrons. The van der Waals surface area contributed by atoms with Crippen LogP contribution in [-0.4, -0.2) is 47.8 Å². The molecule has 2 N–H and O–H groups in total. The largest absolute Gasteiger partial charge is 0.407 e. The summed E-state index contributed by atoms with van der Waals surface area (Å²) in [6.45, 7) is 0. The molecule has 1 heterocycles. The number of carbonyl (C=O) groups is 1. The summed E-state index contributed by atoms with van der Waals surface area (Å²) >= 11 is 0. The van der Waals surface area contributed by atoms with E-state index in [1.165, 1.54) is 12.3 Å². The van der Waals surface area contributed by atoms with E-state index in [0.29, 0.717) is 12.8 Å². The third-order valence-corrected chi connectivity index (χ3v) is 6.55. The Balaban J connectivity index is 1.89. The lowest BCUT2D eigenvalue weighted by atomic mass is 10.0. The van der Waals surface area contributed by atoms with Gasteiger partial charge in [0.25, 0.3) is 0 Å². The minimum atomic E-state index is -4.93. The van der Waals surface area contributed by atoms with Crippen LogP contribution in [0.4, 0.5) is 17.6 Å². The number of hydrogen-bond acceptors (Lipinski definition) is 7. The average molecular weight is 485 g/mol. The Labute approximate surface area is 187 Å². The molecule has 0 bridgehead atoms. The van der Waals surface area contributed by atoms with Crippen molar-refractivity contribution < 1.29 is 30.8 Å². The van der Waals surface area contributed by atoms with Gasteiger partial charge in [-0.2, -0.15) is 18.4 Å². The number of hydrogen-bond donors (Lipinski definition) is 2. The molecule has 1 aromatic carbocycles. The summed E-state index contributed by atoms with van der Waals surface area (Å²) in [5.41, 5.74) is -1.53.